The molecule has 0 aliphatic rings. The van der Waals surface area contributed by atoms with Crippen LogP contribution in [0.15, 0.2) is 60.7 Å². The van der Waals surface area contributed by atoms with Crippen molar-refractivity contribution in [2.75, 3.05) is 30.4 Å². The summed E-state index contributed by atoms with van der Waals surface area (Å²) in [6.07, 6.45) is 0.901. The quantitative estimate of drug-likeness (QED) is 0.597. The van der Waals surface area contributed by atoms with Crippen LogP contribution in [0.25, 0.3) is 0 Å². The minimum Gasteiger partial charge on any atom is -0.497 e. The van der Waals surface area contributed by atoms with Crippen LogP contribution < -0.4 is 15.0 Å². The molecule has 146 valence electrons. The average Bonchev–Trinajstić information content (AvgIpc) is 2.73. The van der Waals surface area contributed by atoms with E-state index in [-0.39, 0.29) is 0 Å². The van der Waals surface area contributed by atoms with Gasteiger partial charge < -0.3 is 15.0 Å². The van der Waals surface area contributed by atoms with Crippen LogP contribution in [0, 0.1) is 6.92 Å². The first-order valence-corrected chi connectivity index (χ1v) is 9.69. The van der Waals surface area contributed by atoms with E-state index < -0.39 is 0 Å². The van der Waals surface area contributed by atoms with Crippen molar-refractivity contribution in [3.8, 4) is 5.75 Å². The fourth-order valence-electron chi connectivity index (χ4n) is 3.06. The van der Waals surface area contributed by atoms with Gasteiger partial charge in [0.05, 0.1) is 7.11 Å². The highest BCUT2D eigenvalue weighted by Gasteiger charge is 2.10. The molecule has 0 aliphatic carbocycles. The number of ether oxygens (including phenoxy) is 1. The van der Waals surface area contributed by atoms with Crippen LogP contribution in [0.4, 0.5) is 11.8 Å². The molecular formula is C23H28N4O. The molecule has 5 nitrogen and oxygen atoms in total. The van der Waals surface area contributed by atoms with E-state index in [1.165, 1.54) is 11.1 Å². The molecular weight excluding hydrogens is 348 g/mol. The maximum absolute atomic E-state index is 5.20. The lowest BCUT2D eigenvalue weighted by Crippen LogP contribution is -2.24. The minimum atomic E-state index is 0.676. The lowest BCUT2D eigenvalue weighted by Gasteiger charge is -2.23. The molecule has 0 aliphatic heterocycles. The largest absolute Gasteiger partial charge is 0.497 e. The van der Waals surface area contributed by atoms with Crippen molar-refractivity contribution < 1.29 is 4.74 Å². The topological polar surface area (TPSA) is 50.3 Å². The standard InChI is InChI=1S/C23H28N4O/c1-4-27(17-20-8-6-5-7-9-20)22-16-18(2)25-23(26-22)24-15-14-19-10-12-21(28-3)13-11-19/h5-13,16H,4,14-15,17H2,1-3H3,(H,24,25,26). The molecule has 1 aromatic heterocycles. The molecule has 0 atom stereocenters. The second-order valence-electron chi connectivity index (χ2n) is 6.72. The van der Waals surface area contributed by atoms with Crippen LogP contribution >= 0.6 is 0 Å². The highest BCUT2D eigenvalue weighted by atomic mass is 16.5. The Labute approximate surface area is 167 Å². The van der Waals surface area contributed by atoms with Crippen LogP contribution in [0.5, 0.6) is 5.75 Å². The van der Waals surface area contributed by atoms with E-state index in [9.17, 15) is 0 Å². The second-order valence-corrected chi connectivity index (χ2v) is 6.72. The van der Waals surface area contributed by atoms with Gasteiger partial charge in [0.2, 0.25) is 5.95 Å². The van der Waals surface area contributed by atoms with E-state index in [0.29, 0.717) is 5.95 Å². The first kappa shape index (κ1) is 19.7. The average molecular weight is 377 g/mol. The number of hydrogen-bond donors (Lipinski definition) is 1. The number of anilines is 2. The molecule has 0 saturated heterocycles. The number of aromatic nitrogens is 2. The van der Waals surface area contributed by atoms with Gasteiger partial charge in [-0.25, -0.2) is 4.98 Å². The molecule has 0 amide bonds. The Morgan fingerprint density at radius 3 is 2.39 bits per heavy atom. The van der Waals surface area contributed by atoms with Gasteiger partial charge in [-0.3, -0.25) is 0 Å². The van der Waals surface area contributed by atoms with Gasteiger partial charge in [0.25, 0.3) is 0 Å². The molecule has 28 heavy (non-hydrogen) atoms. The molecule has 5 heteroatoms. The Bertz CT molecular complexity index is 866. The summed E-state index contributed by atoms with van der Waals surface area (Å²) in [6.45, 7) is 6.66. The van der Waals surface area contributed by atoms with Gasteiger partial charge in [-0.05, 0) is 43.5 Å². The molecule has 2 aromatic carbocycles. The first-order chi connectivity index (χ1) is 13.7. The second kappa shape index (κ2) is 9.74. The highest BCUT2D eigenvalue weighted by molar-refractivity contribution is 5.45. The van der Waals surface area contributed by atoms with Crippen LogP contribution in [-0.2, 0) is 13.0 Å². The molecule has 0 saturated carbocycles. The number of benzene rings is 2. The zero-order chi connectivity index (χ0) is 19.8. The predicted octanol–water partition coefficient (Wildman–Crippen LogP) is 4.47. The summed E-state index contributed by atoms with van der Waals surface area (Å²) < 4.78 is 5.20. The van der Waals surface area contributed by atoms with E-state index in [1.807, 2.05) is 31.2 Å². The number of nitrogens with one attached hydrogen (secondary N) is 1. The van der Waals surface area contributed by atoms with Gasteiger partial charge >= 0.3 is 0 Å². The Morgan fingerprint density at radius 1 is 0.964 bits per heavy atom. The normalized spacial score (nSPS) is 10.5. The van der Waals surface area contributed by atoms with Crippen LogP contribution in [0.1, 0.15) is 23.7 Å². The van der Waals surface area contributed by atoms with Crippen molar-refractivity contribution in [1.29, 1.82) is 0 Å². The Balaban J connectivity index is 1.64. The number of aryl methyl sites for hydroxylation is 1. The molecule has 3 aromatic rings. The molecule has 0 radical (unpaired) electrons. The third kappa shape index (κ3) is 5.46. The lowest BCUT2D eigenvalue weighted by atomic mass is 10.1. The number of hydrogen-bond acceptors (Lipinski definition) is 5. The lowest BCUT2D eigenvalue weighted by molar-refractivity contribution is 0.414. The monoisotopic (exact) mass is 376 g/mol. The van der Waals surface area contributed by atoms with Crippen molar-refractivity contribution in [2.24, 2.45) is 0 Å². The van der Waals surface area contributed by atoms with Gasteiger partial charge in [0.1, 0.15) is 11.6 Å². The van der Waals surface area contributed by atoms with Gasteiger partial charge in [0.15, 0.2) is 0 Å². The summed E-state index contributed by atoms with van der Waals surface area (Å²) in [4.78, 5) is 11.6. The SMILES string of the molecule is CCN(Cc1ccccc1)c1cc(C)nc(NCCc2ccc(OC)cc2)n1. The van der Waals surface area contributed by atoms with E-state index >= 15 is 0 Å². The molecule has 3 rings (SSSR count). The molecule has 0 bridgehead atoms. The number of rotatable bonds is 9. The Morgan fingerprint density at radius 2 is 1.71 bits per heavy atom. The molecule has 0 unspecified atom stereocenters. The van der Waals surface area contributed by atoms with Crippen LogP contribution in [0.2, 0.25) is 0 Å². The molecule has 1 heterocycles. The van der Waals surface area contributed by atoms with Gasteiger partial charge in [0, 0.05) is 31.4 Å². The molecule has 1 N–H and O–H groups in total. The summed E-state index contributed by atoms with van der Waals surface area (Å²) in [6, 6.07) is 20.7. The summed E-state index contributed by atoms with van der Waals surface area (Å²) >= 11 is 0. The summed E-state index contributed by atoms with van der Waals surface area (Å²) in [5.41, 5.74) is 3.48. The van der Waals surface area contributed by atoms with Gasteiger partial charge in [-0.15, -0.1) is 0 Å². The van der Waals surface area contributed by atoms with E-state index in [1.54, 1.807) is 7.11 Å². The smallest absolute Gasteiger partial charge is 0.224 e. The predicted molar refractivity (Wildman–Crippen MR) is 115 cm³/mol. The van der Waals surface area contributed by atoms with Crippen molar-refractivity contribution >= 4 is 11.8 Å². The first-order valence-electron chi connectivity index (χ1n) is 9.69. The Hall–Kier alpha value is -3.08. The molecule has 0 spiro atoms. The van der Waals surface area contributed by atoms with E-state index in [4.69, 9.17) is 9.72 Å². The van der Waals surface area contributed by atoms with Gasteiger partial charge in [-0.1, -0.05) is 42.5 Å². The molecule has 0 fully saturated rings. The fourth-order valence-corrected chi connectivity index (χ4v) is 3.06. The maximum Gasteiger partial charge on any atom is 0.224 e. The van der Waals surface area contributed by atoms with Crippen molar-refractivity contribution in [1.82, 2.24) is 9.97 Å². The van der Waals surface area contributed by atoms with Crippen molar-refractivity contribution in [3.05, 3.63) is 77.5 Å². The third-order valence-electron chi connectivity index (χ3n) is 4.62. The van der Waals surface area contributed by atoms with E-state index in [2.05, 4.69) is 58.5 Å². The summed E-state index contributed by atoms with van der Waals surface area (Å²) in [7, 11) is 1.68. The summed E-state index contributed by atoms with van der Waals surface area (Å²) in [5.74, 6) is 2.50. The van der Waals surface area contributed by atoms with E-state index in [0.717, 1.165) is 43.3 Å². The van der Waals surface area contributed by atoms with Crippen molar-refractivity contribution in [3.63, 3.8) is 0 Å². The number of methoxy groups -OCH3 is 1. The zero-order valence-corrected chi connectivity index (χ0v) is 16.9. The Kier molecular flexibility index (Phi) is 6.84. The zero-order valence-electron chi connectivity index (χ0n) is 16.9. The van der Waals surface area contributed by atoms with Gasteiger partial charge in [-0.2, -0.15) is 4.98 Å². The fraction of sp³-hybridized carbons (Fsp3) is 0.304. The van der Waals surface area contributed by atoms with Crippen molar-refractivity contribution in [2.45, 2.75) is 26.8 Å². The maximum atomic E-state index is 5.20. The van der Waals surface area contributed by atoms with Crippen LogP contribution in [0.3, 0.4) is 0 Å². The highest BCUT2D eigenvalue weighted by Crippen LogP contribution is 2.18. The third-order valence-corrected chi connectivity index (χ3v) is 4.62. The summed E-state index contributed by atoms with van der Waals surface area (Å²) in [5, 5.41) is 3.37. The minimum absolute atomic E-state index is 0.676. The number of nitrogens with zero attached hydrogens (tertiary/aromatic N) is 3. The van der Waals surface area contributed by atoms with Crippen LogP contribution in [-0.4, -0.2) is 30.2 Å².